The molecule has 21 heavy (non-hydrogen) atoms. The van der Waals surface area contributed by atoms with Crippen molar-refractivity contribution in [2.24, 2.45) is 0 Å². The first-order valence-electron chi connectivity index (χ1n) is 5.82. The van der Waals surface area contributed by atoms with Gasteiger partial charge in [0.15, 0.2) is 0 Å². The van der Waals surface area contributed by atoms with Crippen molar-refractivity contribution in [3.8, 4) is 6.07 Å². The zero-order chi connectivity index (χ0) is 15.5. The van der Waals surface area contributed by atoms with E-state index in [4.69, 9.17) is 0 Å². The molecule has 0 radical (unpaired) electrons. The monoisotopic (exact) mass is 425 g/mol. The normalized spacial score (nSPS) is 12.0. The molecule has 0 saturated carbocycles. The van der Waals surface area contributed by atoms with Crippen LogP contribution in [0.2, 0.25) is 0 Å². The Hall–Kier alpha value is -1.42. The number of benzene rings is 2. The number of hydrogen-bond acceptors (Lipinski definition) is 3. The molecule has 0 amide bonds. The lowest BCUT2D eigenvalue weighted by molar-refractivity contribution is 0.603. The summed E-state index contributed by atoms with van der Waals surface area (Å²) < 4.78 is 26.2. The maximum absolute atomic E-state index is 12.6. The van der Waals surface area contributed by atoms with Crippen LogP contribution in [-0.2, 0) is 9.84 Å². The number of sulfone groups is 1. The summed E-state index contributed by atoms with van der Waals surface area (Å²) in [5, 5.41) is 9.22. The van der Waals surface area contributed by atoms with E-state index in [2.05, 4.69) is 31.9 Å². The lowest BCUT2D eigenvalue weighted by Gasteiger charge is -2.06. The molecule has 0 spiro atoms. The molecule has 2 aromatic rings. The van der Waals surface area contributed by atoms with Gasteiger partial charge in [0.2, 0.25) is 9.84 Å². The molecule has 0 atom stereocenters. The molecule has 2 aromatic carbocycles. The van der Waals surface area contributed by atoms with Crippen LogP contribution < -0.4 is 0 Å². The van der Waals surface area contributed by atoms with Crippen LogP contribution in [0.1, 0.15) is 5.56 Å². The molecule has 6 heteroatoms. The Morgan fingerprint density at radius 2 is 1.76 bits per heavy atom. The fourth-order valence-corrected chi connectivity index (χ4v) is 4.33. The predicted octanol–water partition coefficient (Wildman–Crippen LogP) is 4.55. The molecule has 0 aliphatic heterocycles. The number of hydrogen-bond donors (Lipinski definition) is 0. The van der Waals surface area contributed by atoms with E-state index in [0.29, 0.717) is 14.5 Å². The zero-order valence-electron chi connectivity index (χ0n) is 10.6. The number of halogens is 2. The van der Waals surface area contributed by atoms with Crippen molar-refractivity contribution in [1.29, 1.82) is 5.26 Å². The molecule has 0 aromatic heterocycles. The standard InChI is InChI=1S/C15H9Br2NO2S/c16-12-6-7-14(17)15(9-12)21(19,20)13(10-18)8-11-4-2-1-3-5-11/h1-9H/b13-8+. The first-order chi connectivity index (χ1) is 9.95. The van der Waals surface area contributed by atoms with Crippen LogP contribution >= 0.6 is 31.9 Å². The van der Waals surface area contributed by atoms with E-state index in [-0.39, 0.29) is 9.80 Å². The summed E-state index contributed by atoms with van der Waals surface area (Å²) in [5.74, 6) is 0. The zero-order valence-corrected chi connectivity index (χ0v) is 14.6. The van der Waals surface area contributed by atoms with Crippen molar-refractivity contribution >= 4 is 47.8 Å². The molecule has 0 saturated heterocycles. The second kappa shape index (κ2) is 6.56. The minimum absolute atomic E-state index is 0.0561. The minimum atomic E-state index is -3.88. The van der Waals surface area contributed by atoms with Crippen LogP contribution in [0.5, 0.6) is 0 Å². The molecule has 0 N–H and O–H groups in total. The maximum Gasteiger partial charge on any atom is 0.217 e. The van der Waals surface area contributed by atoms with E-state index in [1.54, 1.807) is 42.5 Å². The van der Waals surface area contributed by atoms with Gasteiger partial charge in [-0.05, 0) is 45.8 Å². The van der Waals surface area contributed by atoms with Crippen LogP contribution in [0.3, 0.4) is 0 Å². The quantitative estimate of drug-likeness (QED) is 0.676. The van der Waals surface area contributed by atoms with Crippen molar-refractivity contribution < 1.29 is 8.42 Å². The average molecular weight is 427 g/mol. The number of nitrogens with zero attached hydrogens (tertiary/aromatic N) is 1. The van der Waals surface area contributed by atoms with Crippen molar-refractivity contribution in [3.63, 3.8) is 0 Å². The van der Waals surface area contributed by atoms with Gasteiger partial charge >= 0.3 is 0 Å². The fraction of sp³-hybridized carbons (Fsp3) is 0. The number of nitriles is 1. The predicted molar refractivity (Wildman–Crippen MR) is 89.1 cm³/mol. The van der Waals surface area contributed by atoms with E-state index in [0.717, 1.165) is 0 Å². The van der Waals surface area contributed by atoms with Gasteiger partial charge in [-0.3, -0.25) is 0 Å². The largest absolute Gasteiger partial charge is 0.218 e. The molecule has 2 rings (SSSR count). The highest BCUT2D eigenvalue weighted by Crippen LogP contribution is 2.30. The van der Waals surface area contributed by atoms with Gasteiger partial charge in [0.05, 0.1) is 4.90 Å². The number of allylic oxidation sites excluding steroid dienone is 1. The van der Waals surface area contributed by atoms with E-state index >= 15 is 0 Å². The first kappa shape index (κ1) is 16.0. The molecule has 0 aliphatic rings. The Balaban J connectivity index is 2.59. The van der Waals surface area contributed by atoms with Crippen molar-refractivity contribution in [3.05, 3.63) is 67.9 Å². The Morgan fingerprint density at radius 3 is 2.38 bits per heavy atom. The molecule has 106 valence electrons. The van der Waals surface area contributed by atoms with Crippen LogP contribution in [0.4, 0.5) is 0 Å². The highest BCUT2D eigenvalue weighted by molar-refractivity contribution is 9.11. The van der Waals surface area contributed by atoms with Gasteiger partial charge in [0, 0.05) is 8.95 Å². The first-order valence-corrected chi connectivity index (χ1v) is 8.89. The van der Waals surface area contributed by atoms with Crippen LogP contribution in [-0.4, -0.2) is 8.42 Å². The lowest BCUT2D eigenvalue weighted by Crippen LogP contribution is -2.04. The van der Waals surface area contributed by atoms with Gasteiger partial charge in [-0.1, -0.05) is 46.3 Å². The van der Waals surface area contributed by atoms with Gasteiger partial charge in [0.25, 0.3) is 0 Å². The van der Waals surface area contributed by atoms with Gasteiger partial charge in [-0.25, -0.2) is 8.42 Å². The maximum atomic E-state index is 12.6. The summed E-state index contributed by atoms with van der Waals surface area (Å²) in [6.07, 6.45) is 1.36. The molecule has 0 bridgehead atoms. The van der Waals surface area contributed by atoms with Crippen molar-refractivity contribution in [1.82, 2.24) is 0 Å². The molecule has 0 unspecified atom stereocenters. The number of rotatable bonds is 3. The Kier molecular flexibility index (Phi) is 4.99. The van der Waals surface area contributed by atoms with Crippen molar-refractivity contribution in [2.45, 2.75) is 4.90 Å². The van der Waals surface area contributed by atoms with Crippen molar-refractivity contribution in [2.75, 3.05) is 0 Å². The molecule has 0 aliphatic carbocycles. The van der Waals surface area contributed by atoms with E-state index in [9.17, 15) is 13.7 Å². The van der Waals surface area contributed by atoms with Crippen LogP contribution in [0, 0.1) is 11.3 Å². The van der Waals surface area contributed by atoms with Crippen LogP contribution in [0.25, 0.3) is 6.08 Å². The summed E-state index contributed by atoms with van der Waals surface area (Å²) in [7, 11) is -3.88. The summed E-state index contributed by atoms with van der Waals surface area (Å²) >= 11 is 6.45. The fourth-order valence-electron chi connectivity index (χ4n) is 1.67. The molecule has 0 heterocycles. The third-order valence-electron chi connectivity index (χ3n) is 2.68. The SMILES string of the molecule is N#C/C(=C\c1ccccc1)S(=O)(=O)c1cc(Br)ccc1Br. The third-order valence-corrected chi connectivity index (χ3v) is 5.83. The Morgan fingerprint density at radius 1 is 1.10 bits per heavy atom. The molecular weight excluding hydrogens is 418 g/mol. The Bertz CT molecular complexity index is 838. The molecular formula is C15H9Br2NO2S. The molecule has 0 fully saturated rings. The third kappa shape index (κ3) is 3.62. The summed E-state index contributed by atoms with van der Waals surface area (Å²) in [6.45, 7) is 0. The summed E-state index contributed by atoms with van der Waals surface area (Å²) in [4.78, 5) is -0.242. The second-order valence-electron chi connectivity index (χ2n) is 4.11. The molecule has 3 nitrogen and oxygen atoms in total. The second-order valence-corrected chi connectivity index (χ2v) is 7.77. The van der Waals surface area contributed by atoms with Gasteiger partial charge in [-0.15, -0.1) is 0 Å². The lowest BCUT2D eigenvalue weighted by atomic mass is 10.2. The summed E-state index contributed by atoms with van der Waals surface area (Å²) in [6, 6.07) is 15.4. The van der Waals surface area contributed by atoms with Crippen LogP contribution in [0.15, 0.2) is 67.3 Å². The smallest absolute Gasteiger partial charge is 0.217 e. The summed E-state index contributed by atoms with van der Waals surface area (Å²) in [5.41, 5.74) is 0.656. The minimum Gasteiger partial charge on any atom is -0.218 e. The average Bonchev–Trinajstić information content (AvgIpc) is 2.48. The highest BCUT2D eigenvalue weighted by atomic mass is 79.9. The van der Waals surface area contributed by atoms with Gasteiger partial charge in [-0.2, -0.15) is 5.26 Å². The highest BCUT2D eigenvalue weighted by Gasteiger charge is 2.23. The topological polar surface area (TPSA) is 57.9 Å². The Labute approximate surface area is 140 Å². The van der Waals surface area contributed by atoms with Gasteiger partial charge in [0.1, 0.15) is 11.0 Å². The van der Waals surface area contributed by atoms with Gasteiger partial charge < -0.3 is 0 Å². The van der Waals surface area contributed by atoms with E-state index in [1.165, 1.54) is 12.1 Å². The van der Waals surface area contributed by atoms with E-state index < -0.39 is 9.84 Å². The van der Waals surface area contributed by atoms with E-state index in [1.807, 2.05) is 6.07 Å².